The highest BCUT2D eigenvalue weighted by molar-refractivity contribution is 6.13. The zero-order chi connectivity index (χ0) is 19.8. The number of methoxy groups -OCH3 is 1. The summed E-state index contributed by atoms with van der Waals surface area (Å²) in [5, 5.41) is 26.4. The Hall–Kier alpha value is -4.14. The van der Waals surface area contributed by atoms with Crippen LogP contribution in [0.4, 0.5) is 11.6 Å². The molecule has 5 rings (SSSR count). The zero-order valence-electron chi connectivity index (χ0n) is 15.5. The molecular weight excluding hydrogens is 370 g/mol. The van der Waals surface area contributed by atoms with Crippen LogP contribution in [0, 0.1) is 5.41 Å². The lowest BCUT2D eigenvalue weighted by molar-refractivity contribution is 0.415. The fourth-order valence-electron chi connectivity index (χ4n) is 3.44. The van der Waals surface area contributed by atoms with Gasteiger partial charge in [0, 0.05) is 11.3 Å². The van der Waals surface area contributed by atoms with Gasteiger partial charge in [-0.1, -0.05) is 18.2 Å². The van der Waals surface area contributed by atoms with Crippen LogP contribution in [0.5, 0.6) is 5.75 Å². The van der Waals surface area contributed by atoms with E-state index in [4.69, 9.17) is 14.6 Å². The standard InChI is InChI=1S/C20H17N7O2/c1-28-15-7-5-14(6-8-15)27-17(21)16-9-10-29-20(16)22-19(27)13-4-2-3-12(11-13)18-23-25-26-24-18/h2-11,19,21-22H,1H3,(H,23,24,25,26). The van der Waals surface area contributed by atoms with Gasteiger partial charge in [0.25, 0.3) is 0 Å². The summed E-state index contributed by atoms with van der Waals surface area (Å²) in [6, 6.07) is 17.2. The van der Waals surface area contributed by atoms with Gasteiger partial charge < -0.3 is 19.4 Å². The quantitative estimate of drug-likeness (QED) is 0.491. The normalized spacial score (nSPS) is 15.7. The number of aromatic amines is 1. The number of nitrogens with one attached hydrogen (secondary N) is 3. The molecule has 2 aromatic carbocycles. The summed E-state index contributed by atoms with van der Waals surface area (Å²) in [6.45, 7) is 0. The second-order valence-corrected chi connectivity index (χ2v) is 6.49. The Bertz CT molecular complexity index is 1150. The maximum atomic E-state index is 8.81. The fourth-order valence-corrected chi connectivity index (χ4v) is 3.44. The second kappa shape index (κ2) is 6.79. The molecule has 1 aliphatic heterocycles. The molecule has 0 spiro atoms. The first-order valence-electron chi connectivity index (χ1n) is 8.94. The molecule has 0 aliphatic carbocycles. The molecule has 0 fully saturated rings. The molecule has 1 atom stereocenters. The number of hydrogen-bond acceptors (Lipinski definition) is 7. The van der Waals surface area contributed by atoms with E-state index < -0.39 is 0 Å². The van der Waals surface area contributed by atoms with E-state index in [9.17, 15) is 0 Å². The molecule has 0 radical (unpaired) electrons. The van der Waals surface area contributed by atoms with Gasteiger partial charge in [-0.05, 0) is 47.2 Å². The molecule has 0 amide bonds. The molecule has 0 saturated carbocycles. The van der Waals surface area contributed by atoms with Crippen LogP contribution in [0.3, 0.4) is 0 Å². The number of fused-ring (bicyclic) bond motifs is 1. The van der Waals surface area contributed by atoms with Crippen molar-refractivity contribution in [2.45, 2.75) is 6.17 Å². The highest BCUT2D eigenvalue weighted by Gasteiger charge is 2.33. The molecule has 2 aromatic heterocycles. The highest BCUT2D eigenvalue weighted by Crippen LogP contribution is 2.38. The highest BCUT2D eigenvalue weighted by atomic mass is 16.5. The van der Waals surface area contributed by atoms with Crippen LogP contribution in [0.15, 0.2) is 65.3 Å². The zero-order valence-corrected chi connectivity index (χ0v) is 15.5. The monoisotopic (exact) mass is 387 g/mol. The number of nitrogens with zero attached hydrogens (tertiary/aromatic N) is 4. The Morgan fingerprint density at radius 3 is 2.76 bits per heavy atom. The van der Waals surface area contributed by atoms with Crippen LogP contribution >= 0.6 is 0 Å². The van der Waals surface area contributed by atoms with Gasteiger partial charge in [-0.3, -0.25) is 5.41 Å². The summed E-state index contributed by atoms with van der Waals surface area (Å²) < 4.78 is 10.8. The first-order valence-corrected chi connectivity index (χ1v) is 8.94. The average molecular weight is 387 g/mol. The van der Waals surface area contributed by atoms with E-state index in [0.717, 1.165) is 22.6 Å². The Balaban J connectivity index is 1.61. The maximum absolute atomic E-state index is 8.81. The van der Waals surface area contributed by atoms with Crippen LogP contribution in [-0.4, -0.2) is 33.6 Å². The number of tetrazole rings is 1. The number of anilines is 2. The van der Waals surface area contributed by atoms with Crippen LogP contribution in [0.1, 0.15) is 17.3 Å². The number of aromatic nitrogens is 4. The van der Waals surface area contributed by atoms with Gasteiger partial charge in [0.05, 0.1) is 18.9 Å². The number of amidine groups is 1. The molecule has 3 N–H and O–H groups in total. The smallest absolute Gasteiger partial charge is 0.205 e. The van der Waals surface area contributed by atoms with E-state index in [1.165, 1.54) is 0 Å². The maximum Gasteiger partial charge on any atom is 0.205 e. The largest absolute Gasteiger partial charge is 0.497 e. The summed E-state index contributed by atoms with van der Waals surface area (Å²) >= 11 is 0. The van der Waals surface area contributed by atoms with Crippen molar-refractivity contribution in [3.8, 4) is 17.1 Å². The van der Waals surface area contributed by atoms with Crippen LogP contribution in [0.2, 0.25) is 0 Å². The van der Waals surface area contributed by atoms with Crippen molar-refractivity contribution in [1.82, 2.24) is 20.6 Å². The summed E-state index contributed by atoms with van der Waals surface area (Å²) in [5.41, 5.74) is 3.30. The van der Waals surface area contributed by atoms with E-state index in [1.807, 2.05) is 53.4 Å². The van der Waals surface area contributed by atoms with Gasteiger partial charge in [0.15, 0.2) is 0 Å². The van der Waals surface area contributed by atoms with Crippen molar-refractivity contribution >= 4 is 17.4 Å². The van der Waals surface area contributed by atoms with Crippen molar-refractivity contribution < 1.29 is 9.15 Å². The van der Waals surface area contributed by atoms with Crippen molar-refractivity contribution in [3.63, 3.8) is 0 Å². The van der Waals surface area contributed by atoms with E-state index in [-0.39, 0.29) is 6.17 Å². The molecular formula is C20H17N7O2. The van der Waals surface area contributed by atoms with E-state index in [0.29, 0.717) is 23.1 Å². The molecule has 9 nitrogen and oxygen atoms in total. The van der Waals surface area contributed by atoms with Crippen LogP contribution in [0.25, 0.3) is 11.4 Å². The fraction of sp³-hybridized carbons (Fsp3) is 0.100. The summed E-state index contributed by atoms with van der Waals surface area (Å²) in [6.07, 6.45) is 1.22. The predicted molar refractivity (Wildman–Crippen MR) is 107 cm³/mol. The molecule has 1 aliphatic rings. The second-order valence-electron chi connectivity index (χ2n) is 6.49. The molecule has 1 unspecified atom stereocenters. The number of hydrogen-bond donors (Lipinski definition) is 3. The van der Waals surface area contributed by atoms with Gasteiger partial charge in [0.2, 0.25) is 11.7 Å². The van der Waals surface area contributed by atoms with Crippen molar-refractivity contribution in [2.24, 2.45) is 0 Å². The van der Waals surface area contributed by atoms with Crippen molar-refractivity contribution in [1.29, 1.82) is 5.41 Å². The third-order valence-corrected chi connectivity index (χ3v) is 4.84. The Labute approximate surface area is 165 Å². The number of ether oxygens (including phenoxy) is 1. The lowest BCUT2D eigenvalue weighted by Gasteiger charge is -2.38. The molecule has 0 bridgehead atoms. The Morgan fingerprint density at radius 1 is 1.14 bits per heavy atom. The van der Waals surface area contributed by atoms with Gasteiger partial charge in [-0.15, -0.1) is 10.2 Å². The van der Waals surface area contributed by atoms with Gasteiger partial charge in [0.1, 0.15) is 17.8 Å². The summed E-state index contributed by atoms with van der Waals surface area (Å²) in [4.78, 5) is 1.91. The first-order chi connectivity index (χ1) is 14.2. The Morgan fingerprint density at radius 2 is 2.00 bits per heavy atom. The topological polar surface area (TPSA) is 116 Å². The van der Waals surface area contributed by atoms with E-state index in [2.05, 4.69) is 25.9 Å². The Kier molecular flexibility index (Phi) is 3.98. The van der Waals surface area contributed by atoms with Crippen molar-refractivity contribution in [2.75, 3.05) is 17.3 Å². The SMILES string of the molecule is COc1ccc(N2C(=N)c3ccoc3NC2c2cccc(-c3nn[nH]n3)c2)cc1. The van der Waals surface area contributed by atoms with Gasteiger partial charge >= 0.3 is 0 Å². The number of furan rings is 1. The van der Waals surface area contributed by atoms with Crippen LogP contribution in [-0.2, 0) is 0 Å². The molecule has 0 saturated heterocycles. The summed E-state index contributed by atoms with van der Waals surface area (Å²) in [5.74, 6) is 2.17. The minimum absolute atomic E-state index is 0.340. The van der Waals surface area contributed by atoms with Crippen LogP contribution < -0.4 is 15.0 Å². The molecule has 4 aromatic rings. The predicted octanol–water partition coefficient (Wildman–Crippen LogP) is 3.42. The minimum Gasteiger partial charge on any atom is -0.497 e. The number of rotatable bonds is 4. The van der Waals surface area contributed by atoms with Crippen molar-refractivity contribution in [3.05, 3.63) is 72.0 Å². The van der Waals surface area contributed by atoms with Gasteiger partial charge in [-0.2, -0.15) is 5.21 Å². The van der Waals surface area contributed by atoms with E-state index in [1.54, 1.807) is 19.4 Å². The lowest BCUT2D eigenvalue weighted by Crippen LogP contribution is -2.42. The molecule has 3 heterocycles. The van der Waals surface area contributed by atoms with Gasteiger partial charge in [-0.25, -0.2) is 0 Å². The lowest BCUT2D eigenvalue weighted by atomic mass is 10.0. The number of H-pyrrole nitrogens is 1. The molecule has 29 heavy (non-hydrogen) atoms. The molecule has 9 heteroatoms. The third-order valence-electron chi connectivity index (χ3n) is 4.84. The number of benzene rings is 2. The third kappa shape index (κ3) is 2.89. The average Bonchev–Trinajstić information content (AvgIpc) is 3.46. The minimum atomic E-state index is -0.360. The first kappa shape index (κ1) is 17.0. The molecule has 144 valence electrons. The summed E-state index contributed by atoms with van der Waals surface area (Å²) in [7, 11) is 1.63. The van der Waals surface area contributed by atoms with E-state index >= 15 is 0 Å².